The number of nitrogens with zero attached hydrogens (tertiary/aromatic N) is 2. The zero-order chi connectivity index (χ0) is 13.5. The van der Waals surface area contributed by atoms with Crippen LogP contribution >= 0.6 is 0 Å². The number of aromatic nitrogens is 2. The fourth-order valence-electron chi connectivity index (χ4n) is 1.68. The third kappa shape index (κ3) is 4.03. The van der Waals surface area contributed by atoms with Gasteiger partial charge in [-0.05, 0) is 37.6 Å². The lowest BCUT2D eigenvalue weighted by atomic mass is 10.3. The van der Waals surface area contributed by atoms with Gasteiger partial charge >= 0.3 is 0 Å². The van der Waals surface area contributed by atoms with E-state index in [1.54, 1.807) is 6.20 Å². The minimum Gasteiger partial charge on any atom is -0.437 e. The molecule has 2 heterocycles. The van der Waals surface area contributed by atoms with Gasteiger partial charge in [-0.2, -0.15) is 0 Å². The second-order valence-corrected chi connectivity index (χ2v) is 4.37. The fraction of sp³-hybridized carbons (Fsp3) is 0.333. The standard InChI is InChI=1S/C15H19N3O/c1-3-8-16-10-13-6-7-15(18-11-13)19-14-5-4-9-17-12(14)2/h4-7,9,11,16H,3,8,10H2,1-2H3. The maximum Gasteiger partial charge on any atom is 0.219 e. The fourth-order valence-corrected chi connectivity index (χ4v) is 1.68. The van der Waals surface area contributed by atoms with Crippen LogP contribution in [-0.4, -0.2) is 16.5 Å². The lowest BCUT2D eigenvalue weighted by Gasteiger charge is -2.07. The predicted molar refractivity (Wildman–Crippen MR) is 75.3 cm³/mol. The molecule has 2 rings (SSSR count). The van der Waals surface area contributed by atoms with E-state index >= 15 is 0 Å². The zero-order valence-corrected chi connectivity index (χ0v) is 11.4. The summed E-state index contributed by atoms with van der Waals surface area (Å²) in [4.78, 5) is 8.48. The number of ether oxygens (including phenoxy) is 1. The first-order valence-electron chi connectivity index (χ1n) is 6.54. The molecule has 0 atom stereocenters. The minimum atomic E-state index is 0.593. The number of rotatable bonds is 6. The van der Waals surface area contributed by atoms with Crippen molar-refractivity contribution in [2.24, 2.45) is 0 Å². The van der Waals surface area contributed by atoms with Crippen LogP contribution in [0.25, 0.3) is 0 Å². The molecule has 0 aromatic carbocycles. The average molecular weight is 257 g/mol. The molecule has 0 amide bonds. The van der Waals surface area contributed by atoms with Crippen molar-refractivity contribution >= 4 is 0 Å². The van der Waals surface area contributed by atoms with Crippen molar-refractivity contribution in [1.29, 1.82) is 0 Å². The van der Waals surface area contributed by atoms with Gasteiger partial charge in [0.1, 0.15) is 0 Å². The average Bonchev–Trinajstić information content (AvgIpc) is 2.44. The molecule has 19 heavy (non-hydrogen) atoms. The molecule has 0 bridgehead atoms. The largest absolute Gasteiger partial charge is 0.437 e. The highest BCUT2D eigenvalue weighted by Crippen LogP contribution is 2.21. The van der Waals surface area contributed by atoms with E-state index in [1.807, 2.05) is 37.4 Å². The molecule has 4 nitrogen and oxygen atoms in total. The predicted octanol–water partition coefficient (Wildman–Crippen LogP) is 3.08. The molecule has 2 aromatic heterocycles. The highest BCUT2D eigenvalue weighted by Gasteiger charge is 2.02. The van der Waals surface area contributed by atoms with E-state index in [2.05, 4.69) is 22.2 Å². The van der Waals surface area contributed by atoms with Crippen LogP contribution in [0.5, 0.6) is 11.6 Å². The quantitative estimate of drug-likeness (QED) is 0.808. The van der Waals surface area contributed by atoms with Gasteiger partial charge in [0.25, 0.3) is 0 Å². The maximum absolute atomic E-state index is 5.70. The van der Waals surface area contributed by atoms with Crippen LogP contribution in [0.4, 0.5) is 0 Å². The van der Waals surface area contributed by atoms with Crippen molar-refractivity contribution < 1.29 is 4.74 Å². The first-order chi connectivity index (χ1) is 9.29. The van der Waals surface area contributed by atoms with Gasteiger partial charge in [-0.1, -0.05) is 13.0 Å². The Kier molecular flexibility index (Phi) is 4.86. The van der Waals surface area contributed by atoms with Gasteiger partial charge in [-0.15, -0.1) is 0 Å². The van der Waals surface area contributed by atoms with Crippen molar-refractivity contribution in [2.75, 3.05) is 6.54 Å². The Morgan fingerprint density at radius 1 is 1.21 bits per heavy atom. The molecule has 0 spiro atoms. The Bertz CT molecular complexity index is 511. The Balaban J connectivity index is 1.97. The minimum absolute atomic E-state index is 0.593. The van der Waals surface area contributed by atoms with Crippen molar-refractivity contribution in [3.63, 3.8) is 0 Å². The van der Waals surface area contributed by atoms with E-state index in [1.165, 1.54) is 0 Å². The summed E-state index contributed by atoms with van der Waals surface area (Å²) in [7, 11) is 0. The summed E-state index contributed by atoms with van der Waals surface area (Å²) in [6, 6.07) is 7.65. The van der Waals surface area contributed by atoms with Gasteiger partial charge in [-0.3, -0.25) is 4.98 Å². The number of nitrogens with one attached hydrogen (secondary N) is 1. The first-order valence-corrected chi connectivity index (χ1v) is 6.54. The van der Waals surface area contributed by atoms with Crippen molar-refractivity contribution in [3.05, 3.63) is 47.9 Å². The molecular weight excluding hydrogens is 238 g/mol. The molecule has 0 fully saturated rings. The van der Waals surface area contributed by atoms with Crippen LogP contribution in [0.15, 0.2) is 36.7 Å². The van der Waals surface area contributed by atoms with Crippen molar-refractivity contribution in [2.45, 2.75) is 26.8 Å². The molecule has 0 saturated heterocycles. The summed E-state index contributed by atoms with van der Waals surface area (Å²) in [5, 5.41) is 3.34. The lowest BCUT2D eigenvalue weighted by Crippen LogP contribution is -2.13. The van der Waals surface area contributed by atoms with Gasteiger partial charge in [0.2, 0.25) is 5.88 Å². The summed E-state index contributed by atoms with van der Waals surface area (Å²) in [6.07, 6.45) is 4.72. The zero-order valence-electron chi connectivity index (χ0n) is 11.4. The Morgan fingerprint density at radius 3 is 2.79 bits per heavy atom. The Labute approximate surface area is 113 Å². The normalized spacial score (nSPS) is 10.4. The topological polar surface area (TPSA) is 47.0 Å². The maximum atomic E-state index is 5.70. The van der Waals surface area contributed by atoms with Crippen LogP contribution in [0, 0.1) is 6.92 Å². The molecule has 100 valence electrons. The summed E-state index contributed by atoms with van der Waals surface area (Å²) in [5.41, 5.74) is 2.02. The SMILES string of the molecule is CCCNCc1ccc(Oc2cccnc2C)nc1. The number of pyridine rings is 2. The second-order valence-electron chi connectivity index (χ2n) is 4.37. The van der Waals surface area contributed by atoms with Crippen LogP contribution in [-0.2, 0) is 6.54 Å². The van der Waals surface area contributed by atoms with Crippen molar-refractivity contribution in [1.82, 2.24) is 15.3 Å². The van der Waals surface area contributed by atoms with Crippen LogP contribution in [0.1, 0.15) is 24.6 Å². The number of hydrogen-bond donors (Lipinski definition) is 1. The third-order valence-corrected chi connectivity index (χ3v) is 2.73. The molecule has 1 N–H and O–H groups in total. The molecule has 2 aromatic rings. The van der Waals surface area contributed by atoms with E-state index in [4.69, 9.17) is 4.74 Å². The van der Waals surface area contributed by atoms with E-state index in [0.29, 0.717) is 5.88 Å². The molecule has 0 aliphatic heterocycles. The van der Waals surface area contributed by atoms with Gasteiger partial charge < -0.3 is 10.1 Å². The summed E-state index contributed by atoms with van der Waals surface area (Å²) >= 11 is 0. The number of aryl methyl sites for hydroxylation is 1. The molecule has 4 heteroatoms. The molecular formula is C15H19N3O. The van der Waals surface area contributed by atoms with E-state index in [0.717, 1.165) is 36.5 Å². The van der Waals surface area contributed by atoms with Crippen molar-refractivity contribution in [3.8, 4) is 11.6 Å². The lowest BCUT2D eigenvalue weighted by molar-refractivity contribution is 0.456. The highest BCUT2D eigenvalue weighted by molar-refractivity contribution is 5.30. The summed E-state index contributed by atoms with van der Waals surface area (Å²) in [6.45, 7) is 5.93. The molecule has 0 saturated carbocycles. The number of hydrogen-bond acceptors (Lipinski definition) is 4. The molecule has 0 aliphatic rings. The summed E-state index contributed by atoms with van der Waals surface area (Å²) < 4.78 is 5.70. The Morgan fingerprint density at radius 2 is 2.11 bits per heavy atom. The molecule has 0 unspecified atom stereocenters. The van der Waals surface area contributed by atoms with Gasteiger partial charge in [0.15, 0.2) is 5.75 Å². The Hall–Kier alpha value is -1.94. The third-order valence-electron chi connectivity index (χ3n) is 2.73. The summed E-state index contributed by atoms with van der Waals surface area (Å²) in [5.74, 6) is 1.34. The van der Waals surface area contributed by atoms with Gasteiger partial charge in [-0.25, -0.2) is 4.98 Å². The molecule has 0 aliphatic carbocycles. The second kappa shape index (κ2) is 6.85. The van der Waals surface area contributed by atoms with E-state index in [-0.39, 0.29) is 0 Å². The van der Waals surface area contributed by atoms with Gasteiger partial charge in [0.05, 0.1) is 5.69 Å². The van der Waals surface area contributed by atoms with Gasteiger partial charge in [0, 0.05) is 25.0 Å². The van der Waals surface area contributed by atoms with E-state index in [9.17, 15) is 0 Å². The highest BCUT2D eigenvalue weighted by atomic mass is 16.5. The molecule has 0 radical (unpaired) electrons. The van der Waals surface area contributed by atoms with Crippen LogP contribution in [0.2, 0.25) is 0 Å². The van der Waals surface area contributed by atoms with Crippen LogP contribution in [0.3, 0.4) is 0 Å². The smallest absolute Gasteiger partial charge is 0.219 e. The van der Waals surface area contributed by atoms with E-state index < -0.39 is 0 Å². The first kappa shape index (κ1) is 13.5. The monoisotopic (exact) mass is 257 g/mol. The van der Waals surface area contributed by atoms with Crippen LogP contribution < -0.4 is 10.1 Å².